The van der Waals surface area contributed by atoms with Crippen molar-refractivity contribution >= 4 is 11.6 Å². The minimum Gasteiger partial charge on any atom is -0.367 e. The first-order valence-corrected chi connectivity index (χ1v) is 5.85. The number of nitrogen functional groups attached to an aromatic ring is 1. The van der Waals surface area contributed by atoms with Gasteiger partial charge in [-0.25, -0.2) is 19.6 Å². The third kappa shape index (κ3) is 2.85. The van der Waals surface area contributed by atoms with Crippen LogP contribution in [-0.2, 0) is 0 Å². The van der Waals surface area contributed by atoms with Crippen LogP contribution < -0.4 is 16.6 Å². The average Bonchev–Trinajstić information content (AvgIpc) is 2.74. The molecule has 0 bridgehead atoms. The van der Waals surface area contributed by atoms with E-state index in [0.717, 1.165) is 25.6 Å². The van der Waals surface area contributed by atoms with E-state index < -0.39 is 11.6 Å². The van der Waals surface area contributed by atoms with Crippen molar-refractivity contribution in [3.63, 3.8) is 0 Å². The first kappa shape index (κ1) is 13.0. The molecule has 0 spiro atoms. The number of nitrogens with two attached hydrogens (primary N) is 1. The molecule has 1 atom stereocenters. The molecule has 2 heterocycles. The number of nitrogens with one attached hydrogen (secondary N) is 2. The second-order valence-corrected chi connectivity index (χ2v) is 4.59. The molecule has 4 N–H and O–H groups in total. The summed E-state index contributed by atoms with van der Waals surface area (Å²) in [5.74, 6) is 3.90. The summed E-state index contributed by atoms with van der Waals surface area (Å²) in [6, 6.07) is 0.769. The summed E-state index contributed by atoms with van der Waals surface area (Å²) in [5.41, 5.74) is 2.10. The maximum Gasteiger partial charge on any atom is 0.178 e. The highest BCUT2D eigenvalue weighted by molar-refractivity contribution is 5.46. The zero-order chi connectivity index (χ0) is 13.1. The van der Waals surface area contributed by atoms with Crippen molar-refractivity contribution in [3.05, 3.63) is 17.7 Å². The van der Waals surface area contributed by atoms with E-state index in [2.05, 4.69) is 20.6 Å². The molecule has 0 aliphatic carbocycles. The number of hydrogen-bond donors (Lipinski definition) is 3. The number of likely N-dealkylation sites (tertiary alicyclic amines) is 1. The quantitative estimate of drug-likeness (QED) is 0.555. The molecule has 1 aliphatic rings. The van der Waals surface area contributed by atoms with Crippen molar-refractivity contribution in [1.29, 1.82) is 0 Å². The van der Waals surface area contributed by atoms with Crippen LogP contribution >= 0.6 is 0 Å². The van der Waals surface area contributed by atoms with Crippen LogP contribution in [0.3, 0.4) is 0 Å². The summed E-state index contributed by atoms with van der Waals surface area (Å²) >= 11 is 0. The molecule has 1 aromatic rings. The Labute approximate surface area is 104 Å². The number of pyridine rings is 1. The van der Waals surface area contributed by atoms with Crippen molar-refractivity contribution in [1.82, 2.24) is 9.88 Å². The van der Waals surface area contributed by atoms with Gasteiger partial charge in [-0.3, -0.25) is 0 Å². The van der Waals surface area contributed by atoms with Crippen molar-refractivity contribution in [2.24, 2.45) is 11.8 Å². The largest absolute Gasteiger partial charge is 0.367 e. The van der Waals surface area contributed by atoms with Crippen LogP contribution in [0.25, 0.3) is 0 Å². The number of hydrogen-bond acceptors (Lipinski definition) is 5. The van der Waals surface area contributed by atoms with Crippen LogP contribution in [0, 0.1) is 17.6 Å². The molecule has 0 saturated carbocycles. The third-order valence-electron chi connectivity index (χ3n) is 3.11. The molecule has 7 heteroatoms. The molecule has 0 aromatic carbocycles. The smallest absolute Gasteiger partial charge is 0.178 e. The van der Waals surface area contributed by atoms with Gasteiger partial charge in [-0.15, -0.1) is 0 Å². The predicted molar refractivity (Wildman–Crippen MR) is 66.1 cm³/mol. The SMILES string of the molecule is CN1CCC(CNc2nc(NN)c(F)cc2F)C1. The molecule has 1 aromatic heterocycles. The average molecular weight is 257 g/mol. The Morgan fingerprint density at radius 3 is 2.78 bits per heavy atom. The zero-order valence-electron chi connectivity index (χ0n) is 10.2. The summed E-state index contributed by atoms with van der Waals surface area (Å²) in [7, 11) is 2.05. The van der Waals surface area contributed by atoms with Gasteiger partial charge in [0.05, 0.1) is 0 Å². The Hall–Kier alpha value is -1.47. The highest BCUT2D eigenvalue weighted by Gasteiger charge is 2.20. The van der Waals surface area contributed by atoms with E-state index >= 15 is 0 Å². The molecule has 2 rings (SSSR count). The molecular formula is C11H17F2N5. The standard InChI is InChI=1S/C11H17F2N5/c1-18-3-2-7(6-18)5-15-10-8(12)4-9(13)11(16-10)17-14/h4,7H,2-3,5-6,14H2,1H3,(H2,15,16,17). The predicted octanol–water partition coefficient (Wildman–Crippen LogP) is 1.01. The van der Waals surface area contributed by atoms with Crippen LogP contribution in [0.1, 0.15) is 6.42 Å². The lowest BCUT2D eigenvalue weighted by Crippen LogP contribution is -2.20. The van der Waals surface area contributed by atoms with Crippen molar-refractivity contribution in [2.45, 2.75) is 6.42 Å². The van der Waals surface area contributed by atoms with Gasteiger partial charge in [0.15, 0.2) is 23.3 Å². The van der Waals surface area contributed by atoms with Gasteiger partial charge in [0.25, 0.3) is 0 Å². The molecule has 1 saturated heterocycles. The summed E-state index contributed by atoms with van der Waals surface area (Å²) in [6.07, 6.45) is 1.06. The molecule has 1 aliphatic heterocycles. The first-order valence-electron chi connectivity index (χ1n) is 5.85. The molecule has 5 nitrogen and oxygen atoms in total. The van der Waals surface area contributed by atoms with Gasteiger partial charge < -0.3 is 15.6 Å². The van der Waals surface area contributed by atoms with E-state index in [1.807, 2.05) is 7.05 Å². The zero-order valence-corrected chi connectivity index (χ0v) is 10.2. The fraction of sp³-hybridized carbons (Fsp3) is 0.545. The van der Waals surface area contributed by atoms with Gasteiger partial charge in [0.2, 0.25) is 0 Å². The number of anilines is 2. The van der Waals surface area contributed by atoms with Gasteiger partial charge in [-0.05, 0) is 25.9 Å². The third-order valence-corrected chi connectivity index (χ3v) is 3.11. The first-order chi connectivity index (χ1) is 8.60. The fourth-order valence-corrected chi connectivity index (χ4v) is 2.13. The van der Waals surface area contributed by atoms with E-state index in [9.17, 15) is 8.78 Å². The van der Waals surface area contributed by atoms with Gasteiger partial charge in [-0.2, -0.15) is 0 Å². The van der Waals surface area contributed by atoms with E-state index in [-0.39, 0.29) is 11.6 Å². The summed E-state index contributed by atoms with van der Waals surface area (Å²) < 4.78 is 26.6. The Bertz CT molecular complexity index is 426. The second kappa shape index (κ2) is 5.45. The lowest BCUT2D eigenvalue weighted by molar-refractivity contribution is 0.399. The fourth-order valence-electron chi connectivity index (χ4n) is 2.13. The minimum atomic E-state index is -0.804. The van der Waals surface area contributed by atoms with E-state index in [0.29, 0.717) is 12.5 Å². The molecule has 1 unspecified atom stereocenters. The highest BCUT2D eigenvalue weighted by atomic mass is 19.1. The Kier molecular flexibility index (Phi) is 3.93. The Morgan fingerprint density at radius 2 is 2.17 bits per heavy atom. The number of nitrogens with zero attached hydrogens (tertiary/aromatic N) is 2. The lowest BCUT2D eigenvalue weighted by atomic mass is 10.1. The molecular weight excluding hydrogens is 240 g/mol. The van der Waals surface area contributed by atoms with Crippen LogP contribution in [0.15, 0.2) is 6.07 Å². The molecule has 100 valence electrons. The molecule has 0 amide bonds. The lowest BCUT2D eigenvalue weighted by Gasteiger charge is -2.13. The minimum absolute atomic E-state index is 0.0268. The van der Waals surface area contributed by atoms with E-state index in [1.165, 1.54) is 0 Å². The normalized spacial score (nSPS) is 20.1. The van der Waals surface area contributed by atoms with Gasteiger partial charge in [-0.1, -0.05) is 0 Å². The van der Waals surface area contributed by atoms with Crippen molar-refractivity contribution in [2.75, 3.05) is 37.4 Å². The van der Waals surface area contributed by atoms with Crippen molar-refractivity contribution < 1.29 is 8.78 Å². The Balaban J connectivity index is 2.00. The molecule has 0 radical (unpaired) electrons. The molecule has 18 heavy (non-hydrogen) atoms. The van der Waals surface area contributed by atoms with E-state index in [4.69, 9.17) is 5.84 Å². The molecule has 1 fully saturated rings. The van der Waals surface area contributed by atoms with Gasteiger partial charge >= 0.3 is 0 Å². The summed E-state index contributed by atoms with van der Waals surface area (Å²) in [4.78, 5) is 5.98. The van der Waals surface area contributed by atoms with Crippen molar-refractivity contribution in [3.8, 4) is 0 Å². The maximum atomic E-state index is 13.5. The van der Waals surface area contributed by atoms with Gasteiger partial charge in [0, 0.05) is 19.2 Å². The van der Waals surface area contributed by atoms with Gasteiger partial charge in [0.1, 0.15) is 0 Å². The maximum absolute atomic E-state index is 13.5. The Morgan fingerprint density at radius 1 is 1.44 bits per heavy atom. The van der Waals surface area contributed by atoms with Crippen LogP contribution in [-0.4, -0.2) is 36.6 Å². The topological polar surface area (TPSA) is 66.2 Å². The van der Waals surface area contributed by atoms with Crippen LogP contribution in [0.2, 0.25) is 0 Å². The summed E-state index contributed by atoms with van der Waals surface area (Å²) in [5, 5.41) is 2.90. The number of hydrazine groups is 1. The number of aromatic nitrogens is 1. The highest BCUT2D eigenvalue weighted by Crippen LogP contribution is 2.20. The second-order valence-electron chi connectivity index (χ2n) is 4.59. The number of rotatable bonds is 4. The monoisotopic (exact) mass is 257 g/mol. The van der Waals surface area contributed by atoms with Crippen LogP contribution in [0.4, 0.5) is 20.4 Å². The van der Waals surface area contributed by atoms with E-state index in [1.54, 1.807) is 0 Å². The summed E-state index contributed by atoms with van der Waals surface area (Å²) in [6.45, 7) is 2.63. The van der Waals surface area contributed by atoms with Crippen LogP contribution in [0.5, 0.6) is 0 Å². The number of halogens is 2.